The van der Waals surface area contributed by atoms with E-state index < -0.39 is 0 Å². The van der Waals surface area contributed by atoms with Crippen LogP contribution in [0.1, 0.15) is 42.9 Å². The zero-order chi connectivity index (χ0) is 13.8. The van der Waals surface area contributed by atoms with Gasteiger partial charge in [0.2, 0.25) is 0 Å². The molecule has 2 atom stereocenters. The third-order valence-electron chi connectivity index (χ3n) is 3.73. The van der Waals surface area contributed by atoms with Crippen LogP contribution in [0.3, 0.4) is 0 Å². The maximum absolute atomic E-state index is 12.0. The van der Waals surface area contributed by atoms with Crippen LogP contribution < -0.4 is 11.1 Å². The van der Waals surface area contributed by atoms with E-state index in [1.54, 1.807) is 0 Å². The van der Waals surface area contributed by atoms with Crippen molar-refractivity contribution in [3.8, 4) is 0 Å². The lowest BCUT2D eigenvalue weighted by Crippen LogP contribution is -2.33. The largest absolute Gasteiger partial charge is 0.395 e. The summed E-state index contributed by atoms with van der Waals surface area (Å²) in [6.45, 7) is 5.46. The van der Waals surface area contributed by atoms with Crippen molar-refractivity contribution < 1.29 is 9.53 Å². The zero-order valence-corrected chi connectivity index (χ0v) is 11.5. The van der Waals surface area contributed by atoms with Gasteiger partial charge in [-0.2, -0.15) is 5.10 Å². The summed E-state index contributed by atoms with van der Waals surface area (Å²) in [5, 5.41) is 9.67. The number of nitrogen functional groups attached to an aromatic ring is 1. The first kappa shape index (κ1) is 13.9. The van der Waals surface area contributed by atoms with Crippen LogP contribution in [-0.2, 0) is 11.2 Å². The number of hydrogen-bond acceptors (Lipinski definition) is 4. The average Bonchev–Trinajstić information content (AvgIpc) is 3.01. The molecule has 19 heavy (non-hydrogen) atoms. The molecule has 0 aromatic carbocycles. The van der Waals surface area contributed by atoms with Crippen molar-refractivity contribution in [2.45, 2.75) is 39.2 Å². The molecule has 2 unspecified atom stereocenters. The molecule has 1 aliphatic heterocycles. The highest BCUT2D eigenvalue weighted by Gasteiger charge is 2.27. The van der Waals surface area contributed by atoms with E-state index in [0.717, 1.165) is 31.6 Å². The summed E-state index contributed by atoms with van der Waals surface area (Å²) in [4.78, 5) is 12.0. The van der Waals surface area contributed by atoms with Crippen LogP contribution in [0.25, 0.3) is 0 Å². The minimum atomic E-state index is -0.213. The molecule has 0 radical (unpaired) electrons. The Morgan fingerprint density at radius 1 is 1.58 bits per heavy atom. The summed E-state index contributed by atoms with van der Waals surface area (Å²) >= 11 is 0. The third-order valence-corrected chi connectivity index (χ3v) is 3.73. The minimum Gasteiger partial charge on any atom is -0.395 e. The Kier molecular flexibility index (Phi) is 4.42. The molecule has 4 N–H and O–H groups in total. The SMILES string of the molecule is CCc1[nH]nc(C(=O)NCC2CCOC2CC)c1N. The van der Waals surface area contributed by atoms with Crippen LogP contribution in [0.5, 0.6) is 0 Å². The Morgan fingerprint density at radius 2 is 2.37 bits per heavy atom. The summed E-state index contributed by atoms with van der Waals surface area (Å²) in [7, 11) is 0. The molecule has 0 aliphatic carbocycles. The van der Waals surface area contributed by atoms with Gasteiger partial charge in [0.15, 0.2) is 5.69 Å². The van der Waals surface area contributed by atoms with Gasteiger partial charge in [-0.05, 0) is 19.3 Å². The van der Waals surface area contributed by atoms with Gasteiger partial charge in [0.25, 0.3) is 5.91 Å². The lowest BCUT2D eigenvalue weighted by atomic mass is 10.00. The van der Waals surface area contributed by atoms with E-state index in [1.807, 2.05) is 6.92 Å². The van der Waals surface area contributed by atoms with E-state index in [-0.39, 0.29) is 12.0 Å². The van der Waals surface area contributed by atoms with Crippen LogP contribution in [0.4, 0.5) is 5.69 Å². The number of rotatable bonds is 5. The number of carbonyl (C=O) groups is 1. The molecular weight excluding hydrogens is 244 g/mol. The van der Waals surface area contributed by atoms with Crippen molar-refractivity contribution in [3.63, 3.8) is 0 Å². The Bertz CT molecular complexity index is 444. The number of hydrogen-bond donors (Lipinski definition) is 3. The second kappa shape index (κ2) is 6.06. The van der Waals surface area contributed by atoms with Crippen LogP contribution in [-0.4, -0.2) is 35.4 Å². The maximum Gasteiger partial charge on any atom is 0.273 e. The summed E-state index contributed by atoms with van der Waals surface area (Å²) in [5.74, 6) is 0.176. The molecular formula is C13H22N4O2. The lowest BCUT2D eigenvalue weighted by Gasteiger charge is -2.16. The smallest absolute Gasteiger partial charge is 0.273 e. The monoisotopic (exact) mass is 266 g/mol. The van der Waals surface area contributed by atoms with Gasteiger partial charge < -0.3 is 15.8 Å². The number of nitrogens with one attached hydrogen (secondary N) is 2. The Labute approximate surface area is 113 Å². The number of amides is 1. The lowest BCUT2D eigenvalue weighted by molar-refractivity contribution is 0.0825. The molecule has 1 amide bonds. The number of aromatic amines is 1. The molecule has 1 fully saturated rings. The molecule has 0 spiro atoms. The number of anilines is 1. The van der Waals surface area contributed by atoms with Gasteiger partial charge in [-0.3, -0.25) is 9.89 Å². The van der Waals surface area contributed by atoms with E-state index in [1.165, 1.54) is 0 Å². The molecule has 1 saturated heterocycles. The molecule has 2 heterocycles. The molecule has 0 saturated carbocycles. The fraction of sp³-hybridized carbons (Fsp3) is 0.692. The fourth-order valence-corrected chi connectivity index (χ4v) is 2.51. The quantitative estimate of drug-likeness (QED) is 0.744. The van der Waals surface area contributed by atoms with Gasteiger partial charge in [-0.15, -0.1) is 0 Å². The molecule has 1 aromatic heterocycles. The summed E-state index contributed by atoms with van der Waals surface area (Å²) in [6.07, 6.45) is 2.96. The molecule has 6 heteroatoms. The maximum atomic E-state index is 12.0. The highest BCUT2D eigenvalue weighted by molar-refractivity contribution is 5.97. The summed E-state index contributed by atoms with van der Waals surface area (Å²) in [5.41, 5.74) is 7.43. The van der Waals surface area contributed by atoms with Crippen LogP contribution in [0.15, 0.2) is 0 Å². The average molecular weight is 266 g/mol. The molecule has 106 valence electrons. The second-order valence-corrected chi connectivity index (χ2v) is 4.89. The van der Waals surface area contributed by atoms with Crippen LogP contribution >= 0.6 is 0 Å². The number of aryl methyl sites for hydroxylation is 1. The van der Waals surface area contributed by atoms with E-state index in [4.69, 9.17) is 10.5 Å². The summed E-state index contributed by atoms with van der Waals surface area (Å²) in [6, 6.07) is 0. The normalized spacial score (nSPS) is 22.6. The van der Waals surface area contributed by atoms with E-state index in [0.29, 0.717) is 23.8 Å². The van der Waals surface area contributed by atoms with Crippen molar-refractivity contribution in [1.82, 2.24) is 15.5 Å². The van der Waals surface area contributed by atoms with E-state index in [2.05, 4.69) is 22.4 Å². The van der Waals surface area contributed by atoms with Crippen molar-refractivity contribution in [3.05, 3.63) is 11.4 Å². The molecule has 1 aromatic rings. The van der Waals surface area contributed by atoms with Crippen LogP contribution in [0.2, 0.25) is 0 Å². The Morgan fingerprint density at radius 3 is 3.00 bits per heavy atom. The predicted octanol–water partition coefficient (Wildman–Crippen LogP) is 1.10. The first-order valence-corrected chi connectivity index (χ1v) is 6.89. The predicted molar refractivity (Wildman–Crippen MR) is 72.8 cm³/mol. The highest BCUT2D eigenvalue weighted by Crippen LogP contribution is 2.22. The van der Waals surface area contributed by atoms with Gasteiger partial charge in [0.05, 0.1) is 17.5 Å². The standard InChI is InChI=1S/C13H22N4O2/c1-3-9-11(14)12(17-16-9)13(18)15-7-8-5-6-19-10(8)4-2/h8,10H,3-7,14H2,1-2H3,(H,15,18)(H,16,17). The number of H-pyrrole nitrogens is 1. The second-order valence-electron chi connectivity index (χ2n) is 4.89. The first-order valence-electron chi connectivity index (χ1n) is 6.89. The van der Waals surface area contributed by atoms with Crippen molar-refractivity contribution in [2.75, 3.05) is 18.9 Å². The van der Waals surface area contributed by atoms with Crippen LogP contribution in [0, 0.1) is 5.92 Å². The van der Waals surface area contributed by atoms with Gasteiger partial charge in [-0.25, -0.2) is 0 Å². The number of nitrogens with two attached hydrogens (primary N) is 1. The third kappa shape index (κ3) is 2.89. The molecule has 0 bridgehead atoms. The molecule has 2 rings (SSSR count). The van der Waals surface area contributed by atoms with Gasteiger partial charge in [0, 0.05) is 19.1 Å². The summed E-state index contributed by atoms with van der Waals surface area (Å²) < 4.78 is 5.60. The van der Waals surface area contributed by atoms with Gasteiger partial charge >= 0.3 is 0 Å². The number of carbonyl (C=O) groups excluding carboxylic acids is 1. The minimum absolute atomic E-state index is 0.213. The van der Waals surface area contributed by atoms with Gasteiger partial charge in [0.1, 0.15) is 0 Å². The highest BCUT2D eigenvalue weighted by atomic mass is 16.5. The zero-order valence-electron chi connectivity index (χ0n) is 11.5. The number of ether oxygens (including phenoxy) is 1. The van der Waals surface area contributed by atoms with E-state index in [9.17, 15) is 4.79 Å². The van der Waals surface area contributed by atoms with Gasteiger partial charge in [-0.1, -0.05) is 13.8 Å². The Balaban J connectivity index is 1.92. The van der Waals surface area contributed by atoms with Crippen molar-refractivity contribution >= 4 is 11.6 Å². The number of nitrogens with zero attached hydrogens (tertiary/aromatic N) is 1. The van der Waals surface area contributed by atoms with Crippen molar-refractivity contribution in [2.24, 2.45) is 5.92 Å². The molecule has 1 aliphatic rings. The number of aromatic nitrogens is 2. The van der Waals surface area contributed by atoms with E-state index >= 15 is 0 Å². The topological polar surface area (TPSA) is 93.0 Å². The Hall–Kier alpha value is -1.56. The molecule has 6 nitrogen and oxygen atoms in total. The fourth-order valence-electron chi connectivity index (χ4n) is 2.51. The van der Waals surface area contributed by atoms with Crippen molar-refractivity contribution in [1.29, 1.82) is 0 Å². The first-order chi connectivity index (χ1) is 9.17.